The Hall–Kier alpha value is -2.41. The Morgan fingerprint density at radius 2 is 2.04 bits per heavy atom. The highest BCUT2D eigenvalue weighted by molar-refractivity contribution is 9.10. The monoisotopic (exact) mass is 384 g/mol. The van der Waals surface area contributed by atoms with Gasteiger partial charge in [0.05, 0.1) is 10.2 Å². The molecule has 0 radical (unpaired) electrons. The summed E-state index contributed by atoms with van der Waals surface area (Å²) < 4.78 is 0.805. The molecule has 3 aromatic rings. The summed E-state index contributed by atoms with van der Waals surface area (Å²) in [6, 6.07) is 10.1. The molecule has 0 bridgehead atoms. The summed E-state index contributed by atoms with van der Waals surface area (Å²) in [5.41, 5.74) is 3.27. The molecule has 1 saturated carbocycles. The number of hydrogen-bond donors (Lipinski definition) is 3. The second-order valence-electron chi connectivity index (χ2n) is 5.94. The van der Waals surface area contributed by atoms with Gasteiger partial charge < -0.3 is 10.6 Å². The molecule has 0 amide bonds. The maximum Gasteiger partial charge on any atom is 0.230 e. The molecule has 7 heteroatoms. The van der Waals surface area contributed by atoms with Crippen LogP contribution < -0.4 is 10.6 Å². The SMILES string of the molecule is Cc1ccccc1Nc1nc(Nc2cc(C3CC3)n[nH]2)ncc1Br. The number of para-hydroxylation sites is 1. The van der Waals surface area contributed by atoms with Gasteiger partial charge in [-0.05, 0) is 47.3 Å². The first kappa shape index (κ1) is 15.1. The van der Waals surface area contributed by atoms with Crippen molar-refractivity contribution in [1.82, 2.24) is 20.2 Å². The second kappa shape index (κ2) is 6.24. The summed E-state index contributed by atoms with van der Waals surface area (Å²) >= 11 is 3.49. The van der Waals surface area contributed by atoms with Gasteiger partial charge >= 0.3 is 0 Å². The number of rotatable bonds is 5. The standard InChI is InChI=1S/C17H17BrN6/c1-10-4-2-3-5-13(10)20-16-12(18)9-19-17(22-16)21-15-8-14(23-24-15)11-6-7-11/h2-5,8-9,11H,6-7H2,1H3,(H3,19,20,21,22,23,24). The van der Waals surface area contributed by atoms with E-state index in [0.29, 0.717) is 17.7 Å². The molecule has 0 saturated heterocycles. The summed E-state index contributed by atoms with van der Waals surface area (Å²) in [5, 5.41) is 13.8. The van der Waals surface area contributed by atoms with Crippen LogP contribution in [0.4, 0.5) is 23.3 Å². The molecule has 24 heavy (non-hydrogen) atoms. The molecule has 1 aliphatic rings. The van der Waals surface area contributed by atoms with Crippen molar-refractivity contribution in [3.63, 3.8) is 0 Å². The van der Waals surface area contributed by atoms with Crippen molar-refractivity contribution in [2.45, 2.75) is 25.7 Å². The molecule has 1 aromatic carbocycles. The zero-order valence-electron chi connectivity index (χ0n) is 13.2. The van der Waals surface area contributed by atoms with Crippen molar-refractivity contribution >= 4 is 39.2 Å². The average molecular weight is 385 g/mol. The van der Waals surface area contributed by atoms with Crippen molar-refractivity contribution in [3.8, 4) is 0 Å². The van der Waals surface area contributed by atoms with E-state index in [9.17, 15) is 0 Å². The molecule has 122 valence electrons. The molecule has 0 aliphatic heterocycles. The first-order valence-electron chi connectivity index (χ1n) is 7.86. The van der Waals surface area contributed by atoms with Crippen molar-refractivity contribution in [2.75, 3.05) is 10.6 Å². The van der Waals surface area contributed by atoms with Gasteiger partial charge in [0.15, 0.2) is 0 Å². The van der Waals surface area contributed by atoms with Crippen LogP contribution in [-0.4, -0.2) is 20.2 Å². The van der Waals surface area contributed by atoms with Gasteiger partial charge in [-0.2, -0.15) is 10.1 Å². The van der Waals surface area contributed by atoms with Crippen molar-refractivity contribution in [3.05, 3.63) is 52.3 Å². The zero-order chi connectivity index (χ0) is 16.5. The van der Waals surface area contributed by atoms with Gasteiger partial charge in [0, 0.05) is 23.9 Å². The number of nitrogens with zero attached hydrogens (tertiary/aromatic N) is 3. The van der Waals surface area contributed by atoms with Crippen LogP contribution in [-0.2, 0) is 0 Å². The van der Waals surface area contributed by atoms with Gasteiger partial charge in [-0.1, -0.05) is 18.2 Å². The molecule has 4 rings (SSSR count). The normalized spacial score (nSPS) is 13.8. The van der Waals surface area contributed by atoms with E-state index in [4.69, 9.17) is 0 Å². The number of benzene rings is 1. The molecule has 0 spiro atoms. The number of aromatic amines is 1. The van der Waals surface area contributed by atoms with Crippen LogP contribution in [0.25, 0.3) is 0 Å². The molecular weight excluding hydrogens is 368 g/mol. The highest BCUT2D eigenvalue weighted by atomic mass is 79.9. The molecule has 3 N–H and O–H groups in total. The lowest BCUT2D eigenvalue weighted by Gasteiger charge is -2.11. The Balaban J connectivity index is 1.55. The van der Waals surface area contributed by atoms with Crippen LogP contribution in [0.2, 0.25) is 0 Å². The topological polar surface area (TPSA) is 78.5 Å². The van der Waals surface area contributed by atoms with Crippen molar-refractivity contribution in [2.24, 2.45) is 0 Å². The Labute approximate surface area is 148 Å². The Bertz CT molecular complexity index is 871. The lowest BCUT2D eigenvalue weighted by atomic mass is 10.2. The molecule has 1 aliphatic carbocycles. The van der Waals surface area contributed by atoms with Gasteiger partial charge in [-0.15, -0.1) is 0 Å². The van der Waals surface area contributed by atoms with Crippen LogP contribution in [0, 0.1) is 6.92 Å². The van der Waals surface area contributed by atoms with Gasteiger partial charge in [0.2, 0.25) is 5.95 Å². The maximum atomic E-state index is 4.55. The van der Waals surface area contributed by atoms with Gasteiger partial charge in [0.25, 0.3) is 0 Å². The van der Waals surface area contributed by atoms with E-state index in [1.807, 2.05) is 24.3 Å². The molecule has 0 unspecified atom stereocenters. The third-order valence-electron chi connectivity index (χ3n) is 3.98. The molecular formula is C17H17BrN6. The fraction of sp³-hybridized carbons (Fsp3) is 0.235. The molecule has 0 atom stereocenters. The first-order valence-corrected chi connectivity index (χ1v) is 8.66. The third kappa shape index (κ3) is 3.26. The van der Waals surface area contributed by atoms with E-state index >= 15 is 0 Å². The number of anilines is 4. The van der Waals surface area contributed by atoms with E-state index in [2.05, 4.69) is 59.7 Å². The minimum absolute atomic E-state index is 0.514. The predicted octanol–water partition coefficient (Wildman–Crippen LogP) is 4.64. The summed E-state index contributed by atoms with van der Waals surface area (Å²) in [5.74, 6) is 2.64. The summed E-state index contributed by atoms with van der Waals surface area (Å²) in [6.45, 7) is 2.06. The largest absolute Gasteiger partial charge is 0.339 e. The van der Waals surface area contributed by atoms with Gasteiger partial charge in [-0.25, -0.2) is 4.98 Å². The minimum Gasteiger partial charge on any atom is -0.339 e. The maximum absolute atomic E-state index is 4.55. The van der Waals surface area contributed by atoms with Gasteiger partial charge in [0.1, 0.15) is 11.6 Å². The Kier molecular flexibility index (Phi) is 3.93. The minimum atomic E-state index is 0.514. The number of H-pyrrole nitrogens is 1. The van der Waals surface area contributed by atoms with Crippen LogP contribution >= 0.6 is 15.9 Å². The second-order valence-corrected chi connectivity index (χ2v) is 6.79. The van der Waals surface area contributed by atoms with Crippen molar-refractivity contribution < 1.29 is 0 Å². The fourth-order valence-corrected chi connectivity index (χ4v) is 2.76. The molecule has 1 fully saturated rings. The first-order chi connectivity index (χ1) is 11.7. The van der Waals surface area contributed by atoms with E-state index in [1.54, 1.807) is 6.20 Å². The number of hydrogen-bond acceptors (Lipinski definition) is 5. The highest BCUT2D eigenvalue weighted by Gasteiger charge is 2.26. The average Bonchev–Trinajstić information content (AvgIpc) is 3.33. The van der Waals surface area contributed by atoms with Crippen LogP contribution in [0.5, 0.6) is 0 Å². The smallest absolute Gasteiger partial charge is 0.230 e. The number of aryl methyl sites for hydroxylation is 1. The molecule has 6 nitrogen and oxygen atoms in total. The van der Waals surface area contributed by atoms with E-state index in [1.165, 1.54) is 12.8 Å². The van der Waals surface area contributed by atoms with Crippen LogP contribution in [0.1, 0.15) is 30.0 Å². The number of halogens is 1. The lowest BCUT2D eigenvalue weighted by Crippen LogP contribution is -2.02. The van der Waals surface area contributed by atoms with Gasteiger partial charge in [-0.3, -0.25) is 5.10 Å². The van der Waals surface area contributed by atoms with Crippen LogP contribution in [0.3, 0.4) is 0 Å². The highest BCUT2D eigenvalue weighted by Crippen LogP contribution is 2.39. The quantitative estimate of drug-likeness (QED) is 0.597. The molecule has 2 heterocycles. The van der Waals surface area contributed by atoms with Crippen LogP contribution in [0.15, 0.2) is 41.0 Å². The summed E-state index contributed by atoms with van der Waals surface area (Å²) in [4.78, 5) is 8.86. The third-order valence-corrected chi connectivity index (χ3v) is 4.56. The Morgan fingerprint density at radius 1 is 1.21 bits per heavy atom. The lowest BCUT2D eigenvalue weighted by molar-refractivity contribution is 0.965. The Morgan fingerprint density at radius 3 is 2.83 bits per heavy atom. The van der Waals surface area contributed by atoms with E-state index < -0.39 is 0 Å². The fourth-order valence-electron chi connectivity index (χ4n) is 2.47. The summed E-state index contributed by atoms with van der Waals surface area (Å²) in [6.07, 6.45) is 4.18. The predicted molar refractivity (Wildman–Crippen MR) is 98.0 cm³/mol. The number of nitrogens with one attached hydrogen (secondary N) is 3. The molecule has 2 aromatic heterocycles. The van der Waals surface area contributed by atoms with E-state index in [-0.39, 0.29) is 0 Å². The van der Waals surface area contributed by atoms with E-state index in [0.717, 1.165) is 27.2 Å². The van der Waals surface area contributed by atoms with Crippen molar-refractivity contribution in [1.29, 1.82) is 0 Å². The number of aromatic nitrogens is 4. The summed E-state index contributed by atoms with van der Waals surface area (Å²) in [7, 11) is 0. The zero-order valence-corrected chi connectivity index (χ0v) is 14.8.